The van der Waals surface area contributed by atoms with Gasteiger partial charge in [-0.1, -0.05) is 22.0 Å². The molecule has 0 bridgehead atoms. The van der Waals surface area contributed by atoms with Crippen LogP contribution in [-0.4, -0.2) is 5.11 Å². The van der Waals surface area contributed by atoms with Crippen molar-refractivity contribution in [2.45, 2.75) is 26.1 Å². The summed E-state index contributed by atoms with van der Waals surface area (Å²) in [6.45, 7) is 3.74. The molecule has 2 rings (SSSR count). The molecule has 0 amide bonds. The Labute approximate surface area is 127 Å². The number of aliphatic hydroxyl groups is 1. The Kier molecular flexibility index (Phi) is 4.27. The van der Waals surface area contributed by atoms with Crippen LogP contribution in [-0.2, 0) is 6.18 Å². The molecular formula is C14H12BrF3OS. The zero-order valence-electron chi connectivity index (χ0n) is 10.8. The van der Waals surface area contributed by atoms with Gasteiger partial charge in [0.05, 0.1) is 5.56 Å². The molecule has 0 aliphatic carbocycles. The van der Waals surface area contributed by atoms with Crippen molar-refractivity contribution in [3.8, 4) is 0 Å². The summed E-state index contributed by atoms with van der Waals surface area (Å²) in [6.07, 6.45) is -5.49. The number of rotatable bonds is 2. The monoisotopic (exact) mass is 364 g/mol. The van der Waals surface area contributed by atoms with Crippen LogP contribution in [0.4, 0.5) is 13.2 Å². The second kappa shape index (κ2) is 5.50. The van der Waals surface area contributed by atoms with Gasteiger partial charge >= 0.3 is 6.18 Å². The van der Waals surface area contributed by atoms with Crippen molar-refractivity contribution in [2.75, 3.05) is 0 Å². The third kappa shape index (κ3) is 3.07. The van der Waals surface area contributed by atoms with E-state index in [9.17, 15) is 18.3 Å². The quantitative estimate of drug-likeness (QED) is 0.773. The maximum Gasteiger partial charge on any atom is 0.417 e. The summed E-state index contributed by atoms with van der Waals surface area (Å²) in [4.78, 5) is 1.70. The fraction of sp³-hybridized carbons (Fsp3) is 0.286. The molecule has 0 aliphatic rings. The Bertz CT molecular complexity index is 634. The lowest BCUT2D eigenvalue weighted by Crippen LogP contribution is -2.08. The van der Waals surface area contributed by atoms with Gasteiger partial charge in [0.1, 0.15) is 6.10 Å². The van der Waals surface area contributed by atoms with E-state index in [2.05, 4.69) is 15.9 Å². The zero-order chi connectivity index (χ0) is 15.1. The Balaban J connectivity index is 2.46. The third-order valence-corrected chi connectivity index (χ3v) is 4.84. The van der Waals surface area contributed by atoms with E-state index in [4.69, 9.17) is 0 Å². The maximum atomic E-state index is 12.9. The van der Waals surface area contributed by atoms with Crippen LogP contribution in [0.2, 0.25) is 0 Å². The highest BCUT2D eigenvalue weighted by Crippen LogP contribution is 2.38. The van der Waals surface area contributed by atoms with Gasteiger partial charge in [0, 0.05) is 14.2 Å². The van der Waals surface area contributed by atoms with Crippen LogP contribution in [0.25, 0.3) is 0 Å². The molecule has 20 heavy (non-hydrogen) atoms. The molecule has 1 aromatic heterocycles. The molecule has 1 aromatic carbocycles. The minimum atomic E-state index is -4.45. The second-order valence-electron chi connectivity index (χ2n) is 4.54. The summed E-state index contributed by atoms with van der Waals surface area (Å²) in [5.41, 5.74) is 0.349. The standard InChI is InChI=1S/C14H12BrF3OS/c1-7-5-8(2)20-13(7)12(19)9-3-4-11(15)10(6-9)14(16,17)18/h3-6,12,19H,1-2H3. The number of hydrogen-bond donors (Lipinski definition) is 1. The molecule has 1 N–H and O–H groups in total. The van der Waals surface area contributed by atoms with E-state index in [0.29, 0.717) is 4.88 Å². The van der Waals surface area contributed by atoms with Crippen molar-refractivity contribution in [3.05, 3.63) is 55.2 Å². The lowest BCUT2D eigenvalue weighted by Gasteiger charge is -2.15. The Morgan fingerprint density at radius 3 is 2.35 bits per heavy atom. The first kappa shape index (κ1) is 15.5. The van der Waals surface area contributed by atoms with Gasteiger partial charge in [-0.15, -0.1) is 11.3 Å². The van der Waals surface area contributed by atoms with E-state index < -0.39 is 17.8 Å². The van der Waals surface area contributed by atoms with E-state index in [-0.39, 0.29) is 10.0 Å². The lowest BCUT2D eigenvalue weighted by atomic mass is 10.0. The number of aliphatic hydroxyl groups excluding tert-OH is 1. The van der Waals surface area contributed by atoms with Crippen molar-refractivity contribution in [2.24, 2.45) is 0 Å². The average Bonchev–Trinajstić information content (AvgIpc) is 2.66. The summed E-state index contributed by atoms with van der Waals surface area (Å²) in [6, 6.07) is 5.71. The number of halogens is 4. The molecule has 1 unspecified atom stereocenters. The highest BCUT2D eigenvalue weighted by molar-refractivity contribution is 9.10. The van der Waals surface area contributed by atoms with Gasteiger partial charge in [-0.2, -0.15) is 13.2 Å². The smallest absolute Gasteiger partial charge is 0.383 e. The van der Waals surface area contributed by atoms with Crippen LogP contribution < -0.4 is 0 Å². The van der Waals surface area contributed by atoms with Crippen LogP contribution in [0.15, 0.2) is 28.7 Å². The molecular weight excluding hydrogens is 353 g/mol. The molecule has 1 nitrogen and oxygen atoms in total. The molecule has 0 fully saturated rings. The largest absolute Gasteiger partial charge is 0.417 e. The lowest BCUT2D eigenvalue weighted by molar-refractivity contribution is -0.138. The average molecular weight is 365 g/mol. The van der Waals surface area contributed by atoms with Gasteiger partial charge in [0.2, 0.25) is 0 Å². The van der Waals surface area contributed by atoms with Gasteiger partial charge in [0.25, 0.3) is 0 Å². The highest BCUT2D eigenvalue weighted by atomic mass is 79.9. The maximum absolute atomic E-state index is 12.9. The number of thiophene rings is 1. The van der Waals surface area contributed by atoms with E-state index in [1.807, 2.05) is 19.9 Å². The Morgan fingerprint density at radius 2 is 1.85 bits per heavy atom. The molecule has 0 aliphatic heterocycles. The molecule has 0 saturated carbocycles. The van der Waals surface area contributed by atoms with E-state index in [1.54, 1.807) is 0 Å². The van der Waals surface area contributed by atoms with Gasteiger partial charge < -0.3 is 5.11 Å². The SMILES string of the molecule is Cc1cc(C)c(C(O)c2ccc(Br)c(C(F)(F)F)c2)s1. The zero-order valence-corrected chi connectivity index (χ0v) is 13.2. The number of hydrogen-bond acceptors (Lipinski definition) is 2. The summed E-state index contributed by atoms with van der Waals surface area (Å²) in [7, 11) is 0. The Morgan fingerprint density at radius 1 is 1.20 bits per heavy atom. The first-order valence-corrected chi connectivity index (χ1v) is 7.42. The van der Waals surface area contributed by atoms with Gasteiger partial charge in [-0.25, -0.2) is 0 Å². The van der Waals surface area contributed by atoms with Crippen molar-refractivity contribution in [1.82, 2.24) is 0 Å². The van der Waals surface area contributed by atoms with Crippen LogP contribution in [0, 0.1) is 13.8 Å². The third-order valence-electron chi connectivity index (χ3n) is 2.94. The number of alkyl halides is 3. The van der Waals surface area contributed by atoms with E-state index in [1.165, 1.54) is 23.5 Å². The van der Waals surface area contributed by atoms with Crippen LogP contribution in [0.1, 0.15) is 32.5 Å². The minimum absolute atomic E-state index is 0.0277. The topological polar surface area (TPSA) is 20.2 Å². The van der Waals surface area contributed by atoms with E-state index >= 15 is 0 Å². The molecule has 2 aromatic rings. The van der Waals surface area contributed by atoms with Crippen molar-refractivity contribution < 1.29 is 18.3 Å². The van der Waals surface area contributed by atoms with Crippen LogP contribution in [0.5, 0.6) is 0 Å². The second-order valence-corrected chi connectivity index (χ2v) is 6.69. The first-order chi connectivity index (χ1) is 9.20. The molecule has 0 saturated heterocycles. The van der Waals surface area contributed by atoms with Crippen molar-refractivity contribution in [3.63, 3.8) is 0 Å². The van der Waals surface area contributed by atoms with Gasteiger partial charge in [0.15, 0.2) is 0 Å². The summed E-state index contributed by atoms with van der Waals surface area (Å²) < 4.78 is 38.6. The number of benzene rings is 1. The predicted octanol–water partition coefficient (Wildman–Crippen LogP) is 5.23. The minimum Gasteiger partial charge on any atom is -0.383 e. The Hall–Kier alpha value is -0.850. The summed E-state index contributed by atoms with van der Waals surface area (Å²) in [5, 5.41) is 10.3. The predicted molar refractivity (Wildman–Crippen MR) is 77.0 cm³/mol. The molecule has 0 spiro atoms. The fourth-order valence-corrected chi connectivity index (χ4v) is 3.53. The molecule has 6 heteroatoms. The number of aryl methyl sites for hydroxylation is 2. The van der Waals surface area contributed by atoms with Crippen molar-refractivity contribution in [1.29, 1.82) is 0 Å². The molecule has 0 radical (unpaired) electrons. The highest BCUT2D eigenvalue weighted by Gasteiger charge is 2.33. The van der Waals surface area contributed by atoms with Crippen LogP contribution in [0.3, 0.4) is 0 Å². The van der Waals surface area contributed by atoms with Gasteiger partial charge in [-0.3, -0.25) is 0 Å². The van der Waals surface area contributed by atoms with Crippen LogP contribution >= 0.6 is 27.3 Å². The summed E-state index contributed by atoms with van der Waals surface area (Å²) in [5.74, 6) is 0. The first-order valence-electron chi connectivity index (χ1n) is 5.82. The fourth-order valence-electron chi connectivity index (χ4n) is 2.01. The van der Waals surface area contributed by atoms with Gasteiger partial charge in [-0.05, 0) is 43.2 Å². The van der Waals surface area contributed by atoms with E-state index in [0.717, 1.165) is 16.5 Å². The molecule has 1 atom stereocenters. The van der Waals surface area contributed by atoms with Crippen molar-refractivity contribution >= 4 is 27.3 Å². The molecule has 1 heterocycles. The summed E-state index contributed by atoms with van der Waals surface area (Å²) >= 11 is 4.28. The normalized spacial score (nSPS) is 13.6. The molecule has 108 valence electrons.